The number of fused-ring (bicyclic) bond motifs is 2. The van der Waals surface area contributed by atoms with Crippen LogP contribution in [0.3, 0.4) is 0 Å². The molecule has 132 valence electrons. The first-order valence-electron chi connectivity index (χ1n) is 7.06. The average Bonchev–Trinajstić information content (AvgIpc) is 3.05. The third-order valence-electron chi connectivity index (χ3n) is 4.62. The van der Waals surface area contributed by atoms with Crippen molar-refractivity contribution in [2.24, 2.45) is 0 Å². The first-order valence-corrected chi connectivity index (χ1v) is 7.06. The number of ether oxygens (including phenoxy) is 2. The van der Waals surface area contributed by atoms with Gasteiger partial charge in [-0.15, -0.1) is 0 Å². The van der Waals surface area contributed by atoms with Crippen molar-refractivity contribution < 1.29 is 37.0 Å². The van der Waals surface area contributed by atoms with Crippen LogP contribution < -0.4 is 4.90 Å². The summed E-state index contributed by atoms with van der Waals surface area (Å²) in [5.41, 5.74) is -7.00. The summed E-state index contributed by atoms with van der Waals surface area (Å²) >= 11 is 0. The fraction of sp³-hybridized carbons (Fsp3) is 0.312. The second kappa shape index (κ2) is 5.08. The van der Waals surface area contributed by atoms with Crippen LogP contribution in [-0.4, -0.2) is 44.1 Å². The first-order chi connectivity index (χ1) is 11.7. The molecule has 0 saturated carbocycles. The zero-order chi connectivity index (χ0) is 18.6. The number of hydrogen-bond donors (Lipinski definition) is 0. The maximum Gasteiger partial charge on any atom is 0.441 e. The fourth-order valence-corrected chi connectivity index (χ4v) is 3.57. The molecule has 1 spiro atoms. The summed E-state index contributed by atoms with van der Waals surface area (Å²) in [6, 6.07) is 5.61. The van der Waals surface area contributed by atoms with Gasteiger partial charge < -0.3 is 14.4 Å². The molecule has 1 aromatic carbocycles. The van der Waals surface area contributed by atoms with Gasteiger partial charge in [-0.2, -0.15) is 13.2 Å². The predicted molar refractivity (Wildman–Crippen MR) is 77.6 cm³/mol. The first kappa shape index (κ1) is 17.0. The van der Waals surface area contributed by atoms with E-state index in [1.807, 2.05) is 0 Å². The molecule has 2 aliphatic rings. The van der Waals surface area contributed by atoms with Crippen LogP contribution in [0, 0.1) is 0 Å². The number of nitrogens with zero attached hydrogens (tertiary/aromatic N) is 1. The summed E-state index contributed by atoms with van der Waals surface area (Å²) < 4.78 is 51.4. The number of carbonyl (C=O) groups excluding carboxylic acids is 3. The van der Waals surface area contributed by atoms with Crippen molar-refractivity contribution >= 4 is 23.9 Å². The van der Waals surface area contributed by atoms with Gasteiger partial charge in [0.1, 0.15) is 0 Å². The Labute approximate surface area is 139 Å². The number of amides is 1. The number of para-hydroxylation sites is 1. The molecule has 0 bridgehead atoms. The number of anilines is 1. The lowest BCUT2D eigenvalue weighted by Crippen LogP contribution is -2.68. The van der Waals surface area contributed by atoms with Gasteiger partial charge in [-0.1, -0.05) is 18.2 Å². The Morgan fingerprint density at radius 1 is 1.32 bits per heavy atom. The molecule has 6 nitrogen and oxygen atoms in total. The van der Waals surface area contributed by atoms with Crippen LogP contribution in [0.25, 0.3) is 0 Å². The van der Waals surface area contributed by atoms with Gasteiger partial charge in [-0.3, -0.25) is 9.59 Å². The van der Waals surface area contributed by atoms with Crippen LogP contribution in [0.4, 0.5) is 18.9 Å². The summed E-state index contributed by atoms with van der Waals surface area (Å²) in [6.07, 6.45) is -4.75. The number of methoxy groups -OCH3 is 1. The SMILES string of the molecule is COC(=O)[C@@]1(C(F)(F)F)OC=C(C=O)[C@]12C(=O)N(C)c1ccccc12. The van der Waals surface area contributed by atoms with Gasteiger partial charge in [0.2, 0.25) is 5.91 Å². The molecule has 1 aromatic rings. The van der Waals surface area contributed by atoms with Crippen LogP contribution in [-0.2, 0) is 29.3 Å². The van der Waals surface area contributed by atoms with Crippen molar-refractivity contribution in [3.05, 3.63) is 41.7 Å². The van der Waals surface area contributed by atoms with Gasteiger partial charge >= 0.3 is 17.7 Å². The lowest BCUT2D eigenvalue weighted by atomic mass is 9.64. The number of esters is 1. The normalized spacial score (nSPS) is 27.8. The maximum atomic E-state index is 14.1. The summed E-state index contributed by atoms with van der Waals surface area (Å²) in [5, 5.41) is 0. The summed E-state index contributed by atoms with van der Waals surface area (Å²) in [4.78, 5) is 37.7. The van der Waals surface area contributed by atoms with E-state index in [9.17, 15) is 27.6 Å². The Morgan fingerprint density at radius 2 is 1.96 bits per heavy atom. The molecule has 0 fully saturated rings. The van der Waals surface area contributed by atoms with Crippen molar-refractivity contribution in [2.45, 2.75) is 17.2 Å². The van der Waals surface area contributed by atoms with E-state index < -0.39 is 34.6 Å². The molecule has 0 unspecified atom stereocenters. The highest BCUT2D eigenvalue weighted by atomic mass is 19.4. The Hall–Kier alpha value is -2.84. The van der Waals surface area contributed by atoms with E-state index in [1.54, 1.807) is 0 Å². The van der Waals surface area contributed by atoms with E-state index >= 15 is 0 Å². The molecule has 0 aromatic heterocycles. The number of likely N-dealkylation sites (N-methyl/N-ethyl adjacent to an activating group) is 1. The minimum Gasteiger partial charge on any atom is -0.472 e. The molecule has 9 heteroatoms. The minimum absolute atomic E-state index is 0.0876. The zero-order valence-corrected chi connectivity index (χ0v) is 13.1. The van der Waals surface area contributed by atoms with Gasteiger partial charge in [0.05, 0.1) is 18.9 Å². The summed E-state index contributed by atoms with van der Waals surface area (Å²) in [7, 11) is 2.01. The highest BCUT2D eigenvalue weighted by Gasteiger charge is 2.83. The molecule has 0 saturated heterocycles. The third kappa shape index (κ3) is 1.67. The summed E-state index contributed by atoms with van der Waals surface area (Å²) in [5.74, 6) is -2.92. The second-order valence-electron chi connectivity index (χ2n) is 5.61. The van der Waals surface area contributed by atoms with Gasteiger partial charge in [-0.25, -0.2) is 4.79 Å². The van der Waals surface area contributed by atoms with Crippen molar-refractivity contribution in [1.29, 1.82) is 0 Å². The van der Waals surface area contributed by atoms with Crippen LogP contribution in [0.2, 0.25) is 0 Å². The highest BCUT2D eigenvalue weighted by Crippen LogP contribution is 2.61. The lowest BCUT2D eigenvalue weighted by molar-refractivity contribution is -0.270. The van der Waals surface area contributed by atoms with Crippen molar-refractivity contribution in [1.82, 2.24) is 0 Å². The number of hydrogen-bond acceptors (Lipinski definition) is 5. The number of carbonyl (C=O) groups is 3. The fourth-order valence-electron chi connectivity index (χ4n) is 3.57. The number of halogens is 3. The van der Waals surface area contributed by atoms with Crippen LogP contribution in [0.15, 0.2) is 36.1 Å². The van der Waals surface area contributed by atoms with Gasteiger partial charge in [0.15, 0.2) is 11.7 Å². The quantitative estimate of drug-likeness (QED) is 0.594. The largest absolute Gasteiger partial charge is 0.472 e. The summed E-state index contributed by atoms with van der Waals surface area (Å²) in [6.45, 7) is 0. The smallest absolute Gasteiger partial charge is 0.441 e. The Bertz CT molecular complexity index is 818. The molecule has 0 aliphatic carbocycles. The third-order valence-corrected chi connectivity index (χ3v) is 4.62. The van der Waals surface area contributed by atoms with Crippen molar-refractivity contribution in [3.63, 3.8) is 0 Å². The number of alkyl halides is 3. The van der Waals surface area contributed by atoms with Gasteiger partial charge in [-0.05, 0) is 6.07 Å². The van der Waals surface area contributed by atoms with E-state index in [-0.39, 0.29) is 17.5 Å². The molecule has 2 aliphatic heterocycles. The molecular formula is C16H12F3NO5. The number of aldehydes is 1. The van der Waals surface area contributed by atoms with E-state index in [0.29, 0.717) is 6.26 Å². The topological polar surface area (TPSA) is 72.9 Å². The monoisotopic (exact) mass is 355 g/mol. The highest BCUT2D eigenvalue weighted by molar-refractivity contribution is 6.18. The Morgan fingerprint density at radius 3 is 2.52 bits per heavy atom. The van der Waals surface area contributed by atoms with Crippen LogP contribution in [0.1, 0.15) is 5.56 Å². The molecule has 25 heavy (non-hydrogen) atoms. The molecule has 0 N–H and O–H groups in total. The molecule has 0 radical (unpaired) electrons. The average molecular weight is 355 g/mol. The standard InChI is InChI=1S/C16H12F3NO5/c1-20-11-6-4-3-5-10(11)14(12(20)22)9(7-21)8-25-15(14,13(23)24-2)16(17,18)19/h3-8H,1-2H3/t14-,15+/m0/s1. The van der Waals surface area contributed by atoms with Crippen LogP contribution in [0.5, 0.6) is 0 Å². The number of rotatable bonds is 2. The Balaban J connectivity index is 2.48. The predicted octanol–water partition coefficient (Wildman–Crippen LogP) is 1.49. The van der Waals surface area contributed by atoms with Crippen molar-refractivity contribution in [3.8, 4) is 0 Å². The molecule has 2 heterocycles. The molecular weight excluding hydrogens is 343 g/mol. The lowest BCUT2D eigenvalue weighted by Gasteiger charge is -2.40. The second-order valence-corrected chi connectivity index (χ2v) is 5.61. The Kier molecular flexibility index (Phi) is 3.45. The van der Waals surface area contributed by atoms with E-state index in [1.165, 1.54) is 31.3 Å². The minimum atomic E-state index is -5.34. The number of benzene rings is 1. The van der Waals surface area contributed by atoms with Gasteiger partial charge in [0, 0.05) is 18.3 Å². The van der Waals surface area contributed by atoms with Crippen LogP contribution >= 0.6 is 0 Å². The maximum absolute atomic E-state index is 14.1. The zero-order valence-electron chi connectivity index (χ0n) is 13.1. The molecule has 1 amide bonds. The van der Waals surface area contributed by atoms with E-state index in [4.69, 9.17) is 4.74 Å². The molecule has 3 rings (SSSR count). The van der Waals surface area contributed by atoms with Crippen molar-refractivity contribution in [2.75, 3.05) is 19.1 Å². The van der Waals surface area contributed by atoms with E-state index in [0.717, 1.165) is 12.0 Å². The molecule has 2 atom stereocenters. The van der Waals surface area contributed by atoms with E-state index in [2.05, 4.69) is 4.74 Å². The van der Waals surface area contributed by atoms with Gasteiger partial charge in [0.25, 0.3) is 0 Å².